The number of hydrogen-bond acceptors (Lipinski definition) is 3. The molecule has 1 aromatic carbocycles. The van der Waals surface area contributed by atoms with Gasteiger partial charge in [0.1, 0.15) is 12.2 Å². The molecule has 1 N–H and O–H groups in total. The van der Waals surface area contributed by atoms with Crippen LogP contribution < -0.4 is 5.32 Å². The van der Waals surface area contributed by atoms with Gasteiger partial charge in [-0.05, 0) is 38.0 Å². The van der Waals surface area contributed by atoms with Crippen LogP contribution >= 0.6 is 0 Å². The molecule has 0 atom stereocenters. The van der Waals surface area contributed by atoms with E-state index in [1.165, 1.54) is 12.1 Å². The molecule has 0 bridgehead atoms. The largest absolute Gasteiger partial charge is 0.416 e. The SMILES string of the molecule is CC(C)n1cnnc1CC(=O)NCCc1ccc(C(F)(F)F)cc1. The zero-order valence-corrected chi connectivity index (χ0v) is 13.5. The van der Waals surface area contributed by atoms with Crippen LogP contribution in [0.15, 0.2) is 30.6 Å². The summed E-state index contributed by atoms with van der Waals surface area (Å²) in [6, 6.07) is 5.09. The first-order valence-corrected chi connectivity index (χ1v) is 7.58. The molecule has 0 saturated heterocycles. The fourth-order valence-electron chi connectivity index (χ4n) is 2.24. The summed E-state index contributed by atoms with van der Waals surface area (Å²) in [5.41, 5.74) is 0.0527. The molecule has 0 radical (unpaired) electrons. The molecule has 0 fully saturated rings. The molecular weight excluding hydrogens is 321 g/mol. The van der Waals surface area contributed by atoms with Gasteiger partial charge in [0.15, 0.2) is 0 Å². The predicted molar refractivity (Wildman–Crippen MR) is 82.3 cm³/mol. The number of rotatable bonds is 6. The van der Waals surface area contributed by atoms with Crippen LogP contribution in [0.2, 0.25) is 0 Å². The molecule has 2 rings (SSSR count). The lowest BCUT2D eigenvalue weighted by molar-refractivity contribution is -0.137. The second-order valence-corrected chi connectivity index (χ2v) is 5.72. The van der Waals surface area contributed by atoms with Gasteiger partial charge < -0.3 is 9.88 Å². The van der Waals surface area contributed by atoms with Crippen LogP contribution in [0.1, 0.15) is 36.8 Å². The molecule has 0 spiro atoms. The van der Waals surface area contributed by atoms with E-state index in [1.807, 2.05) is 18.4 Å². The topological polar surface area (TPSA) is 59.8 Å². The summed E-state index contributed by atoms with van der Waals surface area (Å²) in [7, 11) is 0. The van der Waals surface area contributed by atoms with Crippen molar-refractivity contribution in [3.63, 3.8) is 0 Å². The maximum atomic E-state index is 12.5. The Hall–Kier alpha value is -2.38. The highest BCUT2D eigenvalue weighted by Crippen LogP contribution is 2.29. The minimum atomic E-state index is -4.33. The third-order valence-corrected chi connectivity index (χ3v) is 3.54. The summed E-state index contributed by atoms with van der Waals surface area (Å²) >= 11 is 0. The van der Waals surface area contributed by atoms with Crippen molar-refractivity contribution in [1.82, 2.24) is 20.1 Å². The van der Waals surface area contributed by atoms with Gasteiger partial charge in [-0.3, -0.25) is 4.79 Å². The molecule has 0 saturated carbocycles. The van der Waals surface area contributed by atoms with E-state index in [9.17, 15) is 18.0 Å². The average molecular weight is 340 g/mol. The maximum Gasteiger partial charge on any atom is 0.416 e. The standard InChI is InChI=1S/C16H19F3N4O/c1-11(2)23-10-21-22-14(23)9-15(24)20-8-7-12-3-5-13(6-4-12)16(17,18)19/h3-6,10-11H,7-9H2,1-2H3,(H,20,24). The molecule has 24 heavy (non-hydrogen) atoms. The van der Waals surface area contributed by atoms with Crippen LogP contribution in [0.4, 0.5) is 13.2 Å². The van der Waals surface area contributed by atoms with Crippen LogP contribution in [-0.4, -0.2) is 27.2 Å². The molecule has 0 aliphatic carbocycles. The molecule has 1 amide bonds. The van der Waals surface area contributed by atoms with Crippen molar-refractivity contribution in [1.29, 1.82) is 0 Å². The minimum absolute atomic E-state index is 0.116. The lowest BCUT2D eigenvalue weighted by atomic mass is 10.1. The van der Waals surface area contributed by atoms with E-state index >= 15 is 0 Å². The van der Waals surface area contributed by atoms with Gasteiger partial charge in [-0.1, -0.05) is 12.1 Å². The van der Waals surface area contributed by atoms with Crippen LogP contribution in [0.25, 0.3) is 0 Å². The predicted octanol–water partition coefficient (Wildman–Crippen LogP) is 2.78. The summed E-state index contributed by atoms with van der Waals surface area (Å²) in [5.74, 6) is 0.383. The summed E-state index contributed by atoms with van der Waals surface area (Å²) < 4.78 is 39.2. The van der Waals surface area contributed by atoms with Gasteiger partial charge in [0, 0.05) is 12.6 Å². The number of hydrogen-bond donors (Lipinski definition) is 1. The Morgan fingerprint density at radius 1 is 1.25 bits per heavy atom. The van der Waals surface area contributed by atoms with Crippen LogP contribution in [0, 0.1) is 0 Å². The van der Waals surface area contributed by atoms with Crippen LogP contribution in [0.5, 0.6) is 0 Å². The first-order valence-electron chi connectivity index (χ1n) is 7.58. The molecule has 1 aromatic heterocycles. The monoisotopic (exact) mass is 340 g/mol. The van der Waals surface area contributed by atoms with E-state index < -0.39 is 11.7 Å². The van der Waals surface area contributed by atoms with Gasteiger partial charge in [-0.15, -0.1) is 10.2 Å². The Morgan fingerprint density at radius 2 is 1.92 bits per heavy atom. The molecule has 0 unspecified atom stereocenters. The number of aromatic nitrogens is 3. The Labute approximate surface area is 137 Å². The van der Waals surface area contributed by atoms with Crippen molar-refractivity contribution in [3.05, 3.63) is 47.5 Å². The number of nitrogens with one attached hydrogen (secondary N) is 1. The zero-order valence-electron chi connectivity index (χ0n) is 13.5. The second kappa shape index (κ2) is 7.46. The third kappa shape index (κ3) is 4.81. The lowest BCUT2D eigenvalue weighted by Crippen LogP contribution is -2.28. The Morgan fingerprint density at radius 3 is 2.50 bits per heavy atom. The number of carbonyl (C=O) groups excluding carboxylic acids is 1. The highest BCUT2D eigenvalue weighted by Gasteiger charge is 2.29. The fraction of sp³-hybridized carbons (Fsp3) is 0.438. The molecule has 130 valence electrons. The number of halogens is 3. The van der Waals surface area contributed by atoms with Crippen LogP contribution in [-0.2, 0) is 23.8 Å². The number of carbonyl (C=O) groups is 1. The third-order valence-electron chi connectivity index (χ3n) is 3.54. The average Bonchev–Trinajstić information content (AvgIpc) is 2.95. The maximum absolute atomic E-state index is 12.5. The van der Waals surface area contributed by atoms with Gasteiger partial charge in [0.2, 0.25) is 5.91 Å². The number of alkyl halides is 3. The molecule has 1 heterocycles. The summed E-state index contributed by atoms with van der Waals surface area (Å²) in [6.07, 6.45) is -2.18. The van der Waals surface area contributed by atoms with Crippen molar-refractivity contribution in [2.75, 3.05) is 6.54 Å². The van der Waals surface area contributed by atoms with Crippen molar-refractivity contribution >= 4 is 5.91 Å². The summed E-state index contributed by atoms with van der Waals surface area (Å²) in [4.78, 5) is 11.9. The Kier molecular flexibility index (Phi) is 5.58. The lowest BCUT2D eigenvalue weighted by Gasteiger charge is -2.10. The summed E-state index contributed by atoms with van der Waals surface area (Å²) in [6.45, 7) is 4.28. The van der Waals surface area contributed by atoms with E-state index in [1.54, 1.807) is 6.33 Å². The van der Waals surface area contributed by atoms with Crippen molar-refractivity contribution in [2.24, 2.45) is 0 Å². The highest BCUT2D eigenvalue weighted by atomic mass is 19.4. The van der Waals surface area contributed by atoms with Gasteiger partial charge in [0.25, 0.3) is 0 Å². The second-order valence-electron chi connectivity index (χ2n) is 5.72. The van der Waals surface area contributed by atoms with E-state index in [4.69, 9.17) is 0 Å². The normalized spacial score (nSPS) is 11.8. The van der Waals surface area contributed by atoms with Crippen molar-refractivity contribution < 1.29 is 18.0 Å². The molecule has 5 nitrogen and oxygen atoms in total. The highest BCUT2D eigenvalue weighted by molar-refractivity contribution is 5.77. The number of amides is 1. The summed E-state index contributed by atoms with van der Waals surface area (Å²) in [5, 5.41) is 10.5. The molecule has 0 aliphatic rings. The number of nitrogens with zero attached hydrogens (tertiary/aromatic N) is 3. The van der Waals surface area contributed by atoms with E-state index in [0.717, 1.165) is 17.7 Å². The van der Waals surface area contributed by atoms with E-state index in [-0.39, 0.29) is 18.4 Å². The Balaban J connectivity index is 1.81. The molecule has 2 aromatic rings. The van der Waals surface area contributed by atoms with E-state index in [0.29, 0.717) is 18.8 Å². The molecular formula is C16H19F3N4O. The van der Waals surface area contributed by atoms with Crippen molar-refractivity contribution in [3.8, 4) is 0 Å². The van der Waals surface area contributed by atoms with Gasteiger partial charge in [-0.2, -0.15) is 13.2 Å². The quantitative estimate of drug-likeness (QED) is 0.880. The Bertz CT molecular complexity index is 677. The van der Waals surface area contributed by atoms with Gasteiger partial charge >= 0.3 is 6.18 Å². The van der Waals surface area contributed by atoms with Gasteiger partial charge in [-0.25, -0.2) is 0 Å². The smallest absolute Gasteiger partial charge is 0.355 e. The molecule has 0 aliphatic heterocycles. The number of benzene rings is 1. The first kappa shape index (κ1) is 18.0. The fourth-order valence-corrected chi connectivity index (χ4v) is 2.24. The van der Waals surface area contributed by atoms with Crippen LogP contribution in [0.3, 0.4) is 0 Å². The molecule has 8 heteroatoms. The first-order chi connectivity index (χ1) is 11.3. The van der Waals surface area contributed by atoms with Gasteiger partial charge in [0.05, 0.1) is 12.0 Å². The van der Waals surface area contributed by atoms with Crippen molar-refractivity contribution in [2.45, 2.75) is 38.9 Å². The minimum Gasteiger partial charge on any atom is -0.355 e. The van der Waals surface area contributed by atoms with E-state index in [2.05, 4.69) is 15.5 Å². The zero-order chi connectivity index (χ0) is 17.7.